The Kier molecular flexibility index (Phi) is 3.93. The summed E-state index contributed by atoms with van der Waals surface area (Å²) in [6.45, 7) is 5.52. The maximum absolute atomic E-state index is 10.9. The van der Waals surface area contributed by atoms with Gasteiger partial charge in [0.2, 0.25) is 5.91 Å². The SMILES string of the molecule is CC(=O)N/N=C\c1cc(C)n(-c2ccc3ncccc3c2)c1C. The lowest BCUT2D eigenvalue weighted by Crippen LogP contribution is -2.12. The van der Waals surface area contributed by atoms with Crippen molar-refractivity contribution >= 4 is 23.0 Å². The molecule has 3 rings (SSSR count). The van der Waals surface area contributed by atoms with Gasteiger partial charge >= 0.3 is 0 Å². The van der Waals surface area contributed by atoms with E-state index in [1.54, 1.807) is 12.4 Å². The summed E-state index contributed by atoms with van der Waals surface area (Å²) in [5.74, 6) is -0.183. The Labute approximate surface area is 134 Å². The normalized spacial score (nSPS) is 11.3. The van der Waals surface area contributed by atoms with Crippen LogP contribution in [0.2, 0.25) is 0 Å². The molecule has 23 heavy (non-hydrogen) atoms. The van der Waals surface area contributed by atoms with Crippen LogP contribution in [0.1, 0.15) is 23.9 Å². The second kappa shape index (κ2) is 6.04. The number of carbonyl (C=O) groups is 1. The molecular formula is C18H18N4O. The zero-order chi connectivity index (χ0) is 16.4. The molecule has 1 amide bonds. The topological polar surface area (TPSA) is 59.3 Å². The molecule has 116 valence electrons. The van der Waals surface area contributed by atoms with Gasteiger partial charge in [0.1, 0.15) is 0 Å². The van der Waals surface area contributed by atoms with Gasteiger partial charge in [-0.25, -0.2) is 5.43 Å². The Hall–Kier alpha value is -2.95. The fourth-order valence-corrected chi connectivity index (χ4v) is 2.71. The number of rotatable bonds is 3. The molecular weight excluding hydrogens is 288 g/mol. The summed E-state index contributed by atoms with van der Waals surface area (Å²) in [5, 5.41) is 5.05. The van der Waals surface area contributed by atoms with E-state index in [-0.39, 0.29) is 5.91 Å². The first-order chi connectivity index (χ1) is 11.1. The molecule has 0 atom stereocenters. The van der Waals surface area contributed by atoms with Gasteiger partial charge in [0.15, 0.2) is 0 Å². The van der Waals surface area contributed by atoms with Crippen molar-refractivity contribution in [2.45, 2.75) is 20.8 Å². The summed E-state index contributed by atoms with van der Waals surface area (Å²) in [5.41, 5.74) is 7.64. The van der Waals surface area contributed by atoms with E-state index in [4.69, 9.17) is 0 Å². The van der Waals surface area contributed by atoms with Crippen molar-refractivity contribution in [2.75, 3.05) is 0 Å². The monoisotopic (exact) mass is 306 g/mol. The number of fused-ring (bicyclic) bond motifs is 1. The Bertz CT molecular complexity index is 909. The predicted molar refractivity (Wildman–Crippen MR) is 92.0 cm³/mol. The van der Waals surface area contributed by atoms with E-state index < -0.39 is 0 Å². The highest BCUT2D eigenvalue weighted by Gasteiger charge is 2.10. The van der Waals surface area contributed by atoms with Crippen molar-refractivity contribution in [3.8, 4) is 5.69 Å². The van der Waals surface area contributed by atoms with Gasteiger partial charge in [0.05, 0.1) is 11.7 Å². The molecule has 1 aromatic carbocycles. The zero-order valence-corrected chi connectivity index (χ0v) is 13.4. The number of aryl methyl sites for hydroxylation is 1. The summed E-state index contributed by atoms with van der Waals surface area (Å²) >= 11 is 0. The van der Waals surface area contributed by atoms with Crippen LogP contribution in [0.25, 0.3) is 16.6 Å². The highest BCUT2D eigenvalue weighted by Crippen LogP contribution is 2.22. The molecule has 2 aromatic heterocycles. The van der Waals surface area contributed by atoms with Gasteiger partial charge in [-0.2, -0.15) is 5.10 Å². The molecule has 0 fully saturated rings. The van der Waals surface area contributed by atoms with E-state index in [0.29, 0.717) is 0 Å². The highest BCUT2D eigenvalue weighted by molar-refractivity contribution is 5.84. The maximum Gasteiger partial charge on any atom is 0.236 e. The van der Waals surface area contributed by atoms with Crippen molar-refractivity contribution < 1.29 is 4.79 Å². The Balaban J connectivity index is 2.03. The van der Waals surface area contributed by atoms with Gasteiger partial charge in [0.25, 0.3) is 0 Å². The number of aromatic nitrogens is 2. The number of hydrogen-bond donors (Lipinski definition) is 1. The van der Waals surface area contributed by atoms with E-state index in [1.807, 2.05) is 25.1 Å². The molecule has 0 aliphatic heterocycles. The van der Waals surface area contributed by atoms with Crippen LogP contribution in [0.15, 0.2) is 47.7 Å². The third-order valence-corrected chi connectivity index (χ3v) is 3.74. The lowest BCUT2D eigenvalue weighted by molar-refractivity contribution is -0.118. The van der Waals surface area contributed by atoms with E-state index in [2.05, 4.69) is 45.2 Å². The van der Waals surface area contributed by atoms with Gasteiger partial charge < -0.3 is 4.57 Å². The van der Waals surface area contributed by atoms with Crippen molar-refractivity contribution in [3.63, 3.8) is 0 Å². The average molecular weight is 306 g/mol. The molecule has 0 aliphatic carbocycles. The first-order valence-electron chi connectivity index (χ1n) is 7.40. The highest BCUT2D eigenvalue weighted by atomic mass is 16.2. The fourth-order valence-electron chi connectivity index (χ4n) is 2.71. The van der Waals surface area contributed by atoms with Gasteiger partial charge in [-0.05, 0) is 44.2 Å². The molecule has 0 radical (unpaired) electrons. The zero-order valence-electron chi connectivity index (χ0n) is 13.4. The number of benzene rings is 1. The van der Waals surface area contributed by atoms with Crippen molar-refractivity contribution in [2.24, 2.45) is 5.10 Å². The van der Waals surface area contributed by atoms with E-state index >= 15 is 0 Å². The van der Waals surface area contributed by atoms with Gasteiger partial charge in [0, 0.05) is 41.1 Å². The summed E-state index contributed by atoms with van der Waals surface area (Å²) in [7, 11) is 0. The van der Waals surface area contributed by atoms with Crippen LogP contribution < -0.4 is 5.43 Å². The number of nitrogens with one attached hydrogen (secondary N) is 1. The van der Waals surface area contributed by atoms with Crippen LogP contribution in [-0.2, 0) is 4.79 Å². The van der Waals surface area contributed by atoms with Crippen molar-refractivity contribution in [1.29, 1.82) is 0 Å². The second-order valence-electron chi connectivity index (χ2n) is 5.47. The van der Waals surface area contributed by atoms with Gasteiger partial charge in [-0.15, -0.1) is 0 Å². The molecule has 0 aliphatic rings. The fraction of sp³-hybridized carbons (Fsp3) is 0.167. The summed E-state index contributed by atoms with van der Waals surface area (Å²) < 4.78 is 2.17. The lowest BCUT2D eigenvalue weighted by Gasteiger charge is -2.10. The molecule has 0 spiro atoms. The second-order valence-corrected chi connectivity index (χ2v) is 5.47. The number of amides is 1. The van der Waals surface area contributed by atoms with Crippen LogP contribution >= 0.6 is 0 Å². The maximum atomic E-state index is 10.9. The van der Waals surface area contributed by atoms with Gasteiger partial charge in [-0.1, -0.05) is 6.07 Å². The van der Waals surface area contributed by atoms with E-state index in [9.17, 15) is 4.79 Å². The Morgan fingerprint density at radius 2 is 2.09 bits per heavy atom. The minimum atomic E-state index is -0.183. The molecule has 0 unspecified atom stereocenters. The Morgan fingerprint density at radius 3 is 2.87 bits per heavy atom. The molecule has 3 aromatic rings. The van der Waals surface area contributed by atoms with Crippen molar-refractivity contribution in [3.05, 3.63) is 59.5 Å². The number of pyridine rings is 1. The largest absolute Gasteiger partial charge is 0.318 e. The summed E-state index contributed by atoms with van der Waals surface area (Å²) in [6, 6.07) is 12.2. The third kappa shape index (κ3) is 2.99. The Morgan fingerprint density at radius 1 is 1.26 bits per heavy atom. The van der Waals surface area contributed by atoms with Crippen LogP contribution in [-0.4, -0.2) is 21.7 Å². The third-order valence-electron chi connectivity index (χ3n) is 3.74. The lowest BCUT2D eigenvalue weighted by atomic mass is 10.2. The molecule has 2 heterocycles. The minimum Gasteiger partial charge on any atom is -0.318 e. The predicted octanol–water partition coefficient (Wildman–Crippen LogP) is 3.11. The molecule has 5 heteroatoms. The smallest absolute Gasteiger partial charge is 0.236 e. The number of nitrogens with zero attached hydrogens (tertiary/aromatic N) is 3. The summed E-state index contributed by atoms with van der Waals surface area (Å²) in [4.78, 5) is 15.3. The number of hydrazone groups is 1. The molecule has 0 saturated carbocycles. The minimum absolute atomic E-state index is 0.183. The van der Waals surface area contributed by atoms with E-state index in [0.717, 1.165) is 33.5 Å². The first-order valence-corrected chi connectivity index (χ1v) is 7.40. The quantitative estimate of drug-likeness (QED) is 0.597. The molecule has 0 bridgehead atoms. The van der Waals surface area contributed by atoms with Crippen LogP contribution in [0.3, 0.4) is 0 Å². The summed E-state index contributed by atoms with van der Waals surface area (Å²) in [6.07, 6.45) is 3.47. The average Bonchev–Trinajstić information content (AvgIpc) is 2.81. The first kappa shape index (κ1) is 15.0. The molecule has 1 N–H and O–H groups in total. The van der Waals surface area contributed by atoms with Gasteiger partial charge in [-0.3, -0.25) is 9.78 Å². The van der Waals surface area contributed by atoms with E-state index in [1.165, 1.54) is 6.92 Å². The molecule has 5 nitrogen and oxygen atoms in total. The van der Waals surface area contributed by atoms with Crippen molar-refractivity contribution in [1.82, 2.24) is 15.0 Å². The van der Waals surface area contributed by atoms with Crippen LogP contribution in [0.4, 0.5) is 0 Å². The standard InChI is InChI=1S/C18H18N4O/c1-12-9-16(11-20-21-14(3)23)13(2)22(12)17-6-7-18-15(10-17)5-4-8-19-18/h4-11H,1-3H3,(H,21,23)/b20-11-. The molecule has 0 saturated heterocycles. The number of hydrogen-bond acceptors (Lipinski definition) is 3. The number of carbonyl (C=O) groups excluding carboxylic acids is 1. The van der Waals surface area contributed by atoms with Crippen LogP contribution in [0, 0.1) is 13.8 Å². The van der Waals surface area contributed by atoms with Crippen LogP contribution in [0.5, 0.6) is 0 Å².